The van der Waals surface area contributed by atoms with Crippen molar-refractivity contribution < 1.29 is 19.2 Å². The van der Waals surface area contributed by atoms with Gasteiger partial charge in [-0.05, 0) is 30.5 Å². The summed E-state index contributed by atoms with van der Waals surface area (Å²) >= 11 is 3.46. The molecule has 0 saturated heterocycles. The highest BCUT2D eigenvalue weighted by Gasteiger charge is 2.23. The number of esters is 1. The van der Waals surface area contributed by atoms with Crippen molar-refractivity contribution in [3.63, 3.8) is 0 Å². The number of nitrogens with zero attached hydrogens (tertiary/aromatic N) is 1. The summed E-state index contributed by atoms with van der Waals surface area (Å²) < 4.78 is 11.8. The van der Waals surface area contributed by atoms with Gasteiger partial charge in [-0.15, -0.1) is 0 Å². The molecule has 3 aromatic carbocycles. The van der Waals surface area contributed by atoms with Gasteiger partial charge in [-0.1, -0.05) is 52.3 Å². The average molecular weight is 416 g/mol. The molecular weight excluding hydrogens is 402 g/mol. The molecule has 1 unspecified atom stereocenters. The van der Waals surface area contributed by atoms with Gasteiger partial charge in [0.15, 0.2) is 11.9 Å². The standard InChI is InChI=1S/C19H14BrNO5/c1-12(25-18-9-5-4-8-16(18)21(23)24)19(22)26-17-11-10-15(20)13-6-2-3-7-14(13)17/h2-12H,1H3. The van der Waals surface area contributed by atoms with E-state index in [4.69, 9.17) is 9.47 Å². The number of halogens is 1. The monoisotopic (exact) mass is 415 g/mol. The molecule has 26 heavy (non-hydrogen) atoms. The van der Waals surface area contributed by atoms with Gasteiger partial charge in [0, 0.05) is 15.9 Å². The minimum atomic E-state index is -1.02. The Labute approximate surface area is 157 Å². The second kappa shape index (κ2) is 7.53. The Morgan fingerprint density at radius 3 is 2.38 bits per heavy atom. The molecule has 0 aliphatic rings. The highest BCUT2D eigenvalue weighted by Crippen LogP contribution is 2.32. The molecule has 0 fully saturated rings. The van der Waals surface area contributed by atoms with Crippen molar-refractivity contribution in [1.29, 1.82) is 0 Å². The number of benzene rings is 3. The zero-order valence-corrected chi connectivity index (χ0v) is 15.3. The third-order valence-corrected chi connectivity index (χ3v) is 4.43. The largest absolute Gasteiger partial charge is 0.472 e. The van der Waals surface area contributed by atoms with Gasteiger partial charge in [-0.3, -0.25) is 10.1 Å². The van der Waals surface area contributed by atoms with Crippen LogP contribution in [0.15, 0.2) is 65.1 Å². The van der Waals surface area contributed by atoms with Gasteiger partial charge in [0.2, 0.25) is 0 Å². The fraction of sp³-hybridized carbons (Fsp3) is 0.105. The highest BCUT2D eigenvalue weighted by atomic mass is 79.9. The first-order valence-corrected chi connectivity index (χ1v) is 8.55. The molecule has 0 amide bonds. The SMILES string of the molecule is CC(Oc1ccccc1[N+](=O)[O-])C(=O)Oc1ccc(Br)c2ccccc12. The highest BCUT2D eigenvalue weighted by molar-refractivity contribution is 9.10. The van der Waals surface area contributed by atoms with Crippen LogP contribution in [0.25, 0.3) is 10.8 Å². The molecule has 7 heteroatoms. The summed E-state index contributed by atoms with van der Waals surface area (Å²) in [5.41, 5.74) is -0.207. The van der Waals surface area contributed by atoms with Gasteiger partial charge in [0.05, 0.1) is 4.92 Å². The lowest BCUT2D eigenvalue weighted by atomic mass is 10.1. The van der Waals surface area contributed by atoms with E-state index in [0.717, 1.165) is 15.2 Å². The number of nitro groups is 1. The second-order valence-electron chi connectivity index (χ2n) is 5.50. The van der Waals surface area contributed by atoms with E-state index in [0.29, 0.717) is 5.75 Å². The van der Waals surface area contributed by atoms with Crippen molar-refractivity contribution in [2.75, 3.05) is 0 Å². The van der Waals surface area contributed by atoms with E-state index < -0.39 is 17.0 Å². The predicted molar refractivity (Wildman–Crippen MR) is 100 cm³/mol. The van der Waals surface area contributed by atoms with Crippen LogP contribution in [-0.2, 0) is 4.79 Å². The number of ether oxygens (including phenoxy) is 2. The maximum Gasteiger partial charge on any atom is 0.352 e. The van der Waals surface area contributed by atoms with Gasteiger partial charge in [0.25, 0.3) is 0 Å². The summed E-state index contributed by atoms with van der Waals surface area (Å²) in [5, 5.41) is 12.7. The smallest absolute Gasteiger partial charge is 0.352 e. The molecule has 0 heterocycles. The number of fused-ring (bicyclic) bond motifs is 1. The van der Waals surface area contributed by atoms with Gasteiger partial charge in [0.1, 0.15) is 5.75 Å². The molecule has 132 valence electrons. The third kappa shape index (κ3) is 3.67. The van der Waals surface area contributed by atoms with Crippen molar-refractivity contribution in [3.05, 3.63) is 75.3 Å². The summed E-state index contributed by atoms with van der Waals surface area (Å²) in [6.07, 6.45) is -1.02. The Morgan fingerprint density at radius 1 is 1.00 bits per heavy atom. The van der Waals surface area contributed by atoms with E-state index in [1.165, 1.54) is 25.1 Å². The number of hydrogen-bond donors (Lipinski definition) is 0. The molecule has 0 radical (unpaired) electrons. The maximum absolute atomic E-state index is 12.4. The Hall–Kier alpha value is -2.93. The van der Waals surface area contributed by atoms with Crippen LogP contribution >= 0.6 is 15.9 Å². The minimum absolute atomic E-state index is 0.0163. The number of para-hydroxylation sites is 2. The molecule has 0 aliphatic carbocycles. The van der Waals surface area contributed by atoms with Crippen molar-refractivity contribution >= 4 is 38.4 Å². The van der Waals surface area contributed by atoms with E-state index in [9.17, 15) is 14.9 Å². The zero-order chi connectivity index (χ0) is 18.7. The first-order valence-electron chi connectivity index (χ1n) is 7.76. The van der Waals surface area contributed by atoms with Gasteiger partial charge in [-0.2, -0.15) is 0 Å². The van der Waals surface area contributed by atoms with E-state index in [2.05, 4.69) is 15.9 Å². The van der Waals surface area contributed by atoms with Crippen LogP contribution < -0.4 is 9.47 Å². The summed E-state index contributed by atoms with van der Waals surface area (Å²) in [6, 6.07) is 16.8. The molecule has 0 aromatic heterocycles. The van der Waals surface area contributed by atoms with Gasteiger partial charge >= 0.3 is 11.7 Å². The van der Waals surface area contributed by atoms with E-state index >= 15 is 0 Å². The molecule has 0 saturated carbocycles. The Bertz CT molecular complexity index is 989. The summed E-state index contributed by atoms with van der Waals surface area (Å²) in [6.45, 7) is 1.49. The fourth-order valence-electron chi connectivity index (χ4n) is 2.46. The minimum Gasteiger partial charge on any atom is -0.472 e. The topological polar surface area (TPSA) is 78.7 Å². The van der Waals surface area contributed by atoms with E-state index in [-0.39, 0.29) is 11.4 Å². The normalized spacial score (nSPS) is 11.8. The summed E-state index contributed by atoms with van der Waals surface area (Å²) in [4.78, 5) is 22.9. The van der Waals surface area contributed by atoms with E-state index in [1.54, 1.807) is 18.2 Å². The van der Waals surface area contributed by atoms with Gasteiger partial charge in [-0.25, -0.2) is 4.79 Å². The number of carbonyl (C=O) groups is 1. The maximum atomic E-state index is 12.4. The fourth-order valence-corrected chi connectivity index (χ4v) is 2.94. The second-order valence-corrected chi connectivity index (χ2v) is 6.35. The Kier molecular flexibility index (Phi) is 5.18. The van der Waals surface area contributed by atoms with Crippen LogP contribution in [-0.4, -0.2) is 17.0 Å². The molecule has 3 aromatic rings. The average Bonchev–Trinajstić information content (AvgIpc) is 2.64. The van der Waals surface area contributed by atoms with Crippen LogP contribution in [0.1, 0.15) is 6.92 Å². The van der Waals surface area contributed by atoms with Gasteiger partial charge < -0.3 is 9.47 Å². The first-order chi connectivity index (χ1) is 12.5. The lowest BCUT2D eigenvalue weighted by molar-refractivity contribution is -0.386. The van der Waals surface area contributed by atoms with Crippen molar-refractivity contribution in [2.24, 2.45) is 0 Å². The predicted octanol–water partition coefficient (Wildman–Crippen LogP) is 4.88. The van der Waals surface area contributed by atoms with Crippen LogP contribution in [0.4, 0.5) is 5.69 Å². The lowest BCUT2D eigenvalue weighted by Gasteiger charge is -2.15. The first kappa shape index (κ1) is 17.9. The zero-order valence-electron chi connectivity index (χ0n) is 13.7. The molecule has 0 aliphatic heterocycles. The molecule has 6 nitrogen and oxygen atoms in total. The summed E-state index contributed by atoms with van der Waals surface area (Å²) in [7, 11) is 0. The Balaban J connectivity index is 1.81. The molecule has 0 bridgehead atoms. The van der Waals surface area contributed by atoms with Crippen molar-refractivity contribution in [3.8, 4) is 11.5 Å². The van der Waals surface area contributed by atoms with E-state index in [1.807, 2.05) is 24.3 Å². The Morgan fingerprint density at radius 2 is 1.65 bits per heavy atom. The van der Waals surface area contributed by atoms with Crippen LogP contribution in [0.2, 0.25) is 0 Å². The van der Waals surface area contributed by atoms with Crippen molar-refractivity contribution in [1.82, 2.24) is 0 Å². The van der Waals surface area contributed by atoms with Crippen LogP contribution in [0.5, 0.6) is 11.5 Å². The van der Waals surface area contributed by atoms with Crippen LogP contribution in [0.3, 0.4) is 0 Å². The molecule has 0 spiro atoms. The number of nitro benzene ring substituents is 1. The number of hydrogen-bond acceptors (Lipinski definition) is 5. The lowest BCUT2D eigenvalue weighted by Crippen LogP contribution is -2.28. The quantitative estimate of drug-likeness (QED) is 0.256. The molecular formula is C19H14BrNO5. The number of rotatable bonds is 5. The van der Waals surface area contributed by atoms with Crippen LogP contribution in [0, 0.1) is 10.1 Å². The van der Waals surface area contributed by atoms with Crippen molar-refractivity contribution in [2.45, 2.75) is 13.0 Å². The third-order valence-electron chi connectivity index (χ3n) is 3.74. The summed E-state index contributed by atoms with van der Waals surface area (Å²) in [5.74, 6) is -0.231. The molecule has 0 N–H and O–H groups in total. The molecule has 1 atom stereocenters. The molecule has 3 rings (SSSR count). The number of carbonyl (C=O) groups excluding carboxylic acids is 1.